The SMILES string of the molecule is Cn1ncc(-c2ccc(C3CCCC(C)(C)C3)cc2)c1N. The highest BCUT2D eigenvalue weighted by molar-refractivity contribution is 5.73. The summed E-state index contributed by atoms with van der Waals surface area (Å²) >= 11 is 0. The van der Waals surface area contributed by atoms with E-state index in [2.05, 4.69) is 43.2 Å². The molecule has 0 saturated heterocycles. The lowest BCUT2D eigenvalue weighted by Crippen LogP contribution is -2.21. The molecule has 2 aromatic rings. The summed E-state index contributed by atoms with van der Waals surface area (Å²) in [6.07, 6.45) is 7.15. The molecule has 3 rings (SSSR count). The van der Waals surface area contributed by atoms with Crippen LogP contribution in [0, 0.1) is 5.41 Å². The predicted molar refractivity (Wildman–Crippen MR) is 88.0 cm³/mol. The maximum Gasteiger partial charge on any atom is 0.129 e. The van der Waals surface area contributed by atoms with Gasteiger partial charge in [-0.2, -0.15) is 5.10 Å². The van der Waals surface area contributed by atoms with Crippen LogP contribution in [0.2, 0.25) is 0 Å². The van der Waals surface area contributed by atoms with Crippen LogP contribution in [-0.2, 0) is 7.05 Å². The van der Waals surface area contributed by atoms with E-state index in [0.717, 1.165) is 16.9 Å². The Hall–Kier alpha value is -1.77. The van der Waals surface area contributed by atoms with Crippen LogP contribution in [0.1, 0.15) is 51.0 Å². The van der Waals surface area contributed by atoms with E-state index in [1.54, 1.807) is 4.68 Å². The molecule has 1 atom stereocenters. The van der Waals surface area contributed by atoms with Gasteiger partial charge in [0.15, 0.2) is 0 Å². The topological polar surface area (TPSA) is 43.8 Å². The van der Waals surface area contributed by atoms with Crippen molar-refractivity contribution < 1.29 is 0 Å². The average Bonchev–Trinajstić information content (AvgIpc) is 2.78. The Morgan fingerprint density at radius 2 is 1.95 bits per heavy atom. The molecule has 21 heavy (non-hydrogen) atoms. The summed E-state index contributed by atoms with van der Waals surface area (Å²) in [6, 6.07) is 8.91. The van der Waals surface area contributed by atoms with Gasteiger partial charge < -0.3 is 5.73 Å². The summed E-state index contributed by atoms with van der Waals surface area (Å²) < 4.78 is 1.72. The first-order valence-corrected chi connectivity index (χ1v) is 7.84. The predicted octanol–water partition coefficient (Wildman–Crippen LogP) is 4.35. The third-order valence-electron chi connectivity index (χ3n) is 4.88. The molecule has 1 heterocycles. The molecule has 1 aromatic heterocycles. The molecule has 0 amide bonds. The van der Waals surface area contributed by atoms with Crippen molar-refractivity contribution in [1.29, 1.82) is 0 Å². The number of hydrogen-bond donors (Lipinski definition) is 1. The maximum absolute atomic E-state index is 6.05. The van der Waals surface area contributed by atoms with Gasteiger partial charge in [-0.15, -0.1) is 0 Å². The van der Waals surface area contributed by atoms with Crippen LogP contribution < -0.4 is 5.73 Å². The van der Waals surface area contributed by atoms with Crippen molar-refractivity contribution in [3.05, 3.63) is 36.0 Å². The molecule has 112 valence electrons. The van der Waals surface area contributed by atoms with Gasteiger partial charge in [-0.1, -0.05) is 44.5 Å². The molecule has 0 spiro atoms. The average molecular weight is 283 g/mol. The minimum absolute atomic E-state index is 0.482. The number of aryl methyl sites for hydroxylation is 1. The number of benzene rings is 1. The van der Waals surface area contributed by atoms with Crippen molar-refractivity contribution in [2.75, 3.05) is 5.73 Å². The van der Waals surface area contributed by atoms with Crippen molar-refractivity contribution in [2.24, 2.45) is 12.5 Å². The molecule has 1 aromatic carbocycles. The smallest absolute Gasteiger partial charge is 0.129 e. The van der Waals surface area contributed by atoms with E-state index in [1.165, 1.54) is 31.2 Å². The van der Waals surface area contributed by atoms with Gasteiger partial charge in [-0.05, 0) is 41.7 Å². The zero-order chi connectivity index (χ0) is 15.0. The molecule has 3 heteroatoms. The minimum atomic E-state index is 0.482. The van der Waals surface area contributed by atoms with Crippen molar-refractivity contribution in [1.82, 2.24) is 9.78 Å². The Labute approximate surface area is 127 Å². The highest BCUT2D eigenvalue weighted by Gasteiger charge is 2.28. The second-order valence-electron chi connectivity index (χ2n) is 7.15. The molecule has 1 unspecified atom stereocenters. The molecule has 2 N–H and O–H groups in total. The third kappa shape index (κ3) is 2.82. The maximum atomic E-state index is 6.05. The second kappa shape index (κ2) is 5.21. The molecular weight excluding hydrogens is 258 g/mol. The highest BCUT2D eigenvalue weighted by atomic mass is 15.3. The van der Waals surface area contributed by atoms with Gasteiger partial charge in [0, 0.05) is 12.6 Å². The Bertz CT molecular complexity index is 622. The molecule has 1 aliphatic carbocycles. The normalized spacial score (nSPS) is 21.4. The molecule has 0 radical (unpaired) electrons. The Morgan fingerprint density at radius 3 is 2.52 bits per heavy atom. The summed E-state index contributed by atoms with van der Waals surface area (Å²) in [4.78, 5) is 0. The molecule has 1 saturated carbocycles. The summed E-state index contributed by atoms with van der Waals surface area (Å²) in [7, 11) is 1.87. The van der Waals surface area contributed by atoms with Crippen LogP contribution in [0.4, 0.5) is 5.82 Å². The van der Waals surface area contributed by atoms with Crippen molar-refractivity contribution in [2.45, 2.75) is 45.4 Å². The van der Waals surface area contributed by atoms with Crippen molar-refractivity contribution in [3.63, 3.8) is 0 Å². The largest absolute Gasteiger partial charge is 0.383 e. The summed E-state index contributed by atoms with van der Waals surface area (Å²) in [6.45, 7) is 4.79. The fourth-order valence-corrected chi connectivity index (χ4v) is 3.59. The van der Waals surface area contributed by atoms with E-state index in [4.69, 9.17) is 5.73 Å². The highest BCUT2D eigenvalue weighted by Crippen LogP contribution is 2.43. The van der Waals surface area contributed by atoms with Crippen molar-refractivity contribution >= 4 is 5.82 Å². The van der Waals surface area contributed by atoms with Gasteiger partial charge in [0.2, 0.25) is 0 Å². The van der Waals surface area contributed by atoms with E-state index in [1.807, 2.05) is 13.2 Å². The molecule has 3 nitrogen and oxygen atoms in total. The van der Waals surface area contributed by atoms with E-state index < -0.39 is 0 Å². The second-order valence-corrected chi connectivity index (χ2v) is 7.15. The van der Waals surface area contributed by atoms with Gasteiger partial charge >= 0.3 is 0 Å². The molecule has 1 fully saturated rings. The Balaban J connectivity index is 1.83. The first-order valence-electron chi connectivity index (χ1n) is 7.84. The zero-order valence-corrected chi connectivity index (χ0v) is 13.3. The van der Waals surface area contributed by atoms with Gasteiger partial charge in [0.05, 0.1) is 6.20 Å². The summed E-state index contributed by atoms with van der Waals surface area (Å²) in [5, 5.41) is 4.22. The quantitative estimate of drug-likeness (QED) is 0.890. The van der Waals surface area contributed by atoms with Gasteiger partial charge in [-0.25, -0.2) is 0 Å². The number of hydrogen-bond acceptors (Lipinski definition) is 2. The number of anilines is 1. The van der Waals surface area contributed by atoms with Gasteiger partial charge in [0.25, 0.3) is 0 Å². The number of nitrogens with zero attached hydrogens (tertiary/aromatic N) is 2. The Morgan fingerprint density at radius 1 is 1.24 bits per heavy atom. The zero-order valence-electron chi connectivity index (χ0n) is 13.3. The minimum Gasteiger partial charge on any atom is -0.383 e. The van der Waals surface area contributed by atoms with Crippen molar-refractivity contribution in [3.8, 4) is 11.1 Å². The van der Waals surface area contributed by atoms with Crippen LogP contribution >= 0.6 is 0 Å². The fraction of sp³-hybridized carbons (Fsp3) is 0.500. The van der Waals surface area contributed by atoms with Crippen LogP contribution in [0.5, 0.6) is 0 Å². The Kier molecular flexibility index (Phi) is 3.52. The van der Waals surface area contributed by atoms with Crippen LogP contribution in [0.25, 0.3) is 11.1 Å². The van der Waals surface area contributed by atoms with E-state index in [9.17, 15) is 0 Å². The molecule has 1 aliphatic rings. The first-order chi connectivity index (χ1) is 9.96. The van der Waals surface area contributed by atoms with Crippen LogP contribution in [0.3, 0.4) is 0 Å². The molecule has 0 aliphatic heterocycles. The van der Waals surface area contributed by atoms with Gasteiger partial charge in [-0.3, -0.25) is 4.68 Å². The monoisotopic (exact) mass is 283 g/mol. The number of nitrogen functional groups attached to an aromatic ring is 1. The molecule has 0 bridgehead atoms. The number of aromatic nitrogens is 2. The van der Waals surface area contributed by atoms with Crippen LogP contribution in [-0.4, -0.2) is 9.78 Å². The lowest BCUT2D eigenvalue weighted by Gasteiger charge is -2.35. The van der Waals surface area contributed by atoms with E-state index >= 15 is 0 Å². The van der Waals surface area contributed by atoms with E-state index in [0.29, 0.717) is 11.3 Å². The fourth-order valence-electron chi connectivity index (χ4n) is 3.59. The van der Waals surface area contributed by atoms with E-state index in [-0.39, 0.29) is 0 Å². The lowest BCUT2D eigenvalue weighted by molar-refractivity contribution is 0.219. The van der Waals surface area contributed by atoms with Crippen LogP contribution in [0.15, 0.2) is 30.5 Å². The first kappa shape index (κ1) is 14.2. The summed E-state index contributed by atoms with van der Waals surface area (Å²) in [5.41, 5.74) is 10.2. The van der Waals surface area contributed by atoms with Gasteiger partial charge in [0.1, 0.15) is 5.82 Å². The number of rotatable bonds is 2. The number of nitrogens with two attached hydrogens (primary N) is 1. The third-order valence-corrected chi connectivity index (χ3v) is 4.88. The standard InChI is InChI=1S/C18H25N3/c1-18(2)10-4-5-15(11-18)13-6-8-14(9-7-13)16-12-20-21(3)17(16)19/h6-9,12,15H,4-5,10-11,19H2,1-3H3. The summed E-state index contributed by atoms with van der Waals surface area (Å²) in [5.74, 6) is 1.43. The molecular formula is C18H25N3. The lowest BCUT2D eigenvalue weighted by atomic mass is 9.70.